The SMILES string of the molecule is Cc1ccc2c(-c3cc(C(=O)CCCNC(=O)c4ccc(CN=[N+]=[N-])nc4)ccc3C(=O)O)c3ccc(=[N+](C)C)cc-3oc2c1.Cc1ccc2c(c1)C(C)(CCCCCC(=O)NCCNC(=O)c1ccc(CN=[N+]=[N-])nc1)C(=CC=CC=CC1=[N+](CCCS(=O)(=O)O)c3ccc(S(=O)(=O)O)cc3C1(C)C)N2CCCS(=O)(=O)O. The molecule has 4 aromatic carbocycles. The molecule has 5 heterocycles. The zero-order valence-corrected chi connectivity index (χ0v) is 66.0. The quantitative estimate of drug-likeness (QED) is 0.00227. The number of nitrogens with one attached hydrogen (secondary N) is 3. The number of carboxylic acids is 1. The number of hydrogen-bond acceptors (Lipinski definition) is 17. The van der Waals surface area contributed by atoms with Crippen molar-refractivity contribution >= 4 is 87.9 Å². The molecule has 33 heteroatoms. The van der Waals surface area contributed by atoms with Crippen LogP contribution >= 0.6 is 0 Å². The summed E-state index contributed by atoms with van der Waals surface area (Å²) in [6, 6.07) is 32.9. The van der Waals surface area contributed by atoms with E-state index in [0.29, 0.717) is 87.6 Å². The van der Waals surface area contributed by atoms with Gasteiger partial charge in [-0.15, -0.1) is 0 Å². The molecule has 113 heavy (non-hydrogen) atoms. The Morgan fingerprint density at radius 3 is 1.91 bits per heavy atom. The van der Waals surface area contributed by atoms with Gasteiger partial charge >= 0.3 is 5.97 Å². The Morgan fingerprint density at radius 1 is 0.646 bits per heavy atom. The van der Waals surface area contributed by atoms with Crippen molar-refractivity contribution in [1.29, 1.82) is 0 Å². The van der Waals surface area contributed by atoms with Gasteiger partial charge in [-0.25, -0.2) is 9.37 Å². The Bertz CT molecular complexity index is 5610. The Hall–Kier alpha value is -11.5. The summed E-state index contributed by atoms with van der Waals surface area (Å²) in [5, 5.41) is 27.1. The van der Waals surface area contributed by atoms with Gasteiger partial charge in [-0.05, 0) is 161 Å². The number of benzene rings is 5. The topological polar surface area (TPSA) is 450 Å². The summed E-state index contributed by atoms with van der Waals surface area (Å²) in [5.74, 6) is -2.41. The van der Waals surface area contributed by atoms with Gasteiger partial charge in [0.1, 0.15) is 32.0 Å². The molecule has 592 valence electrons. The summed E-state index contributed by atoms with van der Waals surface area (Å²) in [4.78, 5) is 78.8. The number of carbonyl (C=O) groups is 5. The van der Waals surface area contributed by atoms with E-state index in [-0.39, 0.29) is 98.9 Å². The molecule has 30 nitrogen and oxygen atoms in total. The fraction of sp³-hybridized carbons (Fsp3) is 0.338. The molecule has 0 fully saturated rings. The summed E-state index contributed by atoms with van der Waals surface area (Å²) < 4.78 is 110. The van der Waals surface area contributed by atoms with Crippen molar-refractivity contribution < 1.29 is 77.0 Å². The highest BCUT2D eigenvalue weighted by atomic mass is 32.2. The number of nitrogens with zero attached hydrogens (tertiary/aromatic N) is 11. The summed E-state index contributed by atoms with van der Waals surface area (Å²) in [7, 11) is -9.11. The first-order chi connectivity index (χ1) is 53.6. The van der Waals surface area contributed by atoms with Crippen LogP contribution in [0.5, 0.6) is 0 Å². The van der Waals surface area contributed by atoms with Gasteiger partial charge in [-0.1, -0.05) is 77.2 Å². The van der Waals surface area contributed by atoms with Crippen molar-refractivity contribution in [2.75, 3.05) is 63.2 Å². The van der Waals surface area contributed by atoms with Crippen LogP contribution < -0.4 is 30.8 Å². The lowest BCUT2D eigenvalue weighted by Crippen LogP contribution is -2.34. The Balaban J connectivity index is 0.000000281. The van der Waals surface area contributed by atoms with Gasteiger partial charge in [-0.3, -0.25) is 42.8 Å². The zero-order chi connectivity index (χ0) is 82.0. The van der Waals surface area contributed by atoms with Gasteiger partial charge in [-0.2, -0.15) is 29.8 Å². The first-order valence-corrected chi connectivity index (χ1v) is 41.0. The van der Waals surface area contributed by atoms with E-state index in [1.807, 2.05) is 124 Å². The van der Waals surface area contributed by atoms with Crippen molar-refractivity contribution in [2.45, 2.75) is 121 Å². The smallest absolute Gasteiger partial charge is 0.336 e. The highest BCUT2D eigenvalue weighted by Crippen LogP contribution is 2.51. The zero-order valence-electron chi connectivity index (χ0n) is 63.6. The van der Waals surface area contributed by atoms with Crippen LogP contribution in [0.15, 0.2) is 183 Å². The highest BCUT2D eigenvalue weighted by Gasteiger charge is 2.46. The Labute approximate surface area is 654 Å². The maximum Gasteiger partial charge on any atom is 0.336 e. The molecule has 1 atom stereocenters. The highest BCUT2D eigenvalue weighted by molar-refractivity contribution is 7.86. The number of aryl methyl sites for hydroxylation is 2. The van der Waals surface area contributed by atoms with Gasteiger partial charge in [0.05, 0.1) is 57.7 Å². The second-order valence-corrected chi connectivity index (χ2v) is 32.9. The first kappa shape index (κ1) is 85.5. The largest absolute Gasteiger partial charge is 0.478 e. The van der Waals surface area contributed by atoms with Gasteiger partial charge in [0.25, 0.3) is 42.2 Å². The molecule has 1 aliphatic carbocycles. The number of Topliss-reactive ketones (excluding diaryl/α,β-unsaturated/α-hetero) is 1. The number of rotatable bonds is 34. The van der Waals surface area contributed by atoms with Crippen molar-refractivity contribution in [3.63, 3.8) is 0 Å². The predicted molar refractivity (Wildman–Crippen MR) is 429 cm³/mol. The third-order valence-electron chi connectivity index (χ3n) is 19.5. The van der Waals surface area contributed by atoms with E-state index in [1.54, 1.807) is 42.5 Å². The van der Waals surface area contributed by atoms with Gasteiger partial charge in [0.15, 0.2) is 11.5 Å². The molecule has 0 radical (unpaired) electrons. The number of amides is 3. The summed E-state index contributed by atoms with van der Waals surface area (Å²) in [6.07, 6.45) is 15.9. The minimum Gasteiger partial charge on any atom is -0.478 e. The molecular formula is C80H90N14O16S3+2. The number of unbranched alkanes of at least 4 members (excludes halogenated alkanes) is 2. The molecule has 7 N–H and O–H groups in total. The first-order valence-electron chi connectivity index (χ1n) is 36.4. The molecule has 2 aromatic heterocycles. The minimum absolute atomic E-state index is 0.0731. The van der Waals surface area contributed by atoms with Crippen molar-refractivity contribution in [3.8, 4) is 22.5 Å². The molecule has 1 unspecified atom stereocenters. The van der Waals surface area contributed by atoms with E-state index in [2.05, 4.69) is 63.9 Å². The summed E-state index contributed by atoms with van der Waals surface area (Å²) >= 11 is 0. The lowest BCUT2D eigenvalue weighted by Gasteiger charge is -2.30. The number of azide groups is 2. The normalized spacial score (nSPS) is 14.8. The molecule has 0 spiro atoms. The fourth-order valence-corrected chi connectivity index (χ4v) is 15.3. The molecule has 3 aliphatic heterocycles. The van der Waals surface area contributed by atoms with E-state index in [4.69, 9.17) is 15.5 Å². The van der Waals surface area contributed by atoms with Crippen molar-refractivity contribution in [2.24, 2.45) is 10.2 Å². The van der Waals surface area contributed by atoms with Gasteiger partial charge in [0, 0.05) is 142 Å². The van der Waals surface area contributed by atoms with Crippen LogP contribution in [0.4, 0.5) is 11.4 Å². The molecule has 3 amide bonds. The lowest BCUT2D eigenvalue weighted by molar-refractivity contribution is -0.437. The maximum atomic E-state index is 13.3. The molecule has 4 aliphatic rings. The number of carbonyl (C=O) groups excluding carboxylic acids is 4. The van der Waals surface area contributed by atoms with Crippen molar-refractivity contribution in [3.05, 3.63) is 246 Å². The third kappa shape index (κ3) is 22.4. The minimum atomic E-state index is -4.51. The number of fused-ring (bicyclic) bond motifs is 4. The van der Waals surface area contributed by atoms with E-state index in [0.717, 1.165) is 62.9 Å². The van der Waals surface area contributed by atoms with Crippen molar-refractivity contribution in [1.82, 2.24) is 30.5 Å². The molecule has 0 bridgehead atoms. The van der Waals surface area contributed by atoms with Crippen LogP contribution in [0, 0.1) is 13.8 Å². The predicted octanol–water partition coefficient (Wildman–Crippen LogP) is 12.5. The molecule has 0 saturated carbocycles. The molecule has 0 saturated heterocycles. The van der Waals surface area contributed by atoms with E-state index >= 15 is 0 Å². The molecule has 10 rings (SSSR count). The molecular weight excluding hydrogens is 1510 g/mol. The number of carboxylic acid groups (broad SMARTS) is 1. The standard InChI is InChI=1S/C46H58N8O11S3.C34H30N6O5/c1-33-16-20-40-38(29-33)46(4,22-10-6-9-15-43(55)48-23-24-49-44(56)34-17-18-35(50-31-34)32-51-52-47)42(54(40)26-12-28-67(60,61)62)14-8-5-7-13-41-45(2,3)37-30-36(68(63,64)65)19-21-39(37)53(41)25-11-27-66(57,58)59;1-20-6-11-26-30(15-20)45-31-17-24(40(2)3)10-13-27(31)32(26)28-16-21(8-12-25(28)34(43)44)29(41)5-4-14-36-33(42)22-7-9-23(37-18-22)19-38-39-35/h5,7-8,13-14,16-21,29-31H,6,9-12,15,22-28,32H2,1-4H3,(H4-,48,49,55,56,57,58,59,60,61,62,63,64,65);6-13,15-18H,4-5,14,19H2,1-3H3,(H-,36,42,43,44)/p+2. The van der Waals surface area contributed by atoms with Crippen LogP contribution in [0.2, 0.25) is 0 Å². The number of pyridine rings is 2. The number of aromatic nitrogens is 2. The number of aromatic carboxylic acids is 1. The van der Waals surface area contributed by atoms with Crippen LogP contribution in [0.3, 0.4) is 0 Å². The second-order valence-electron chi connectivity index (χ2n) is 28.3. The molecule has 6 aromatic rings. The number of allylic oxidation sites excluding steroid dienone is 6. The van der Waals surface area contributed by atoms with E-state index in [1.165, 1.54) is 36.7 Å². The van der Waals surface area contributed by atoms with Crippen LogP contribution in [0.1, 0.15) is 154 Å². The van der Waals surface area contributed by atoms with Crippen LogP contribution in [-0.4, -0.2) is 152 Å². The Morgan fingerprint density at radius 2 is 1.28 bits per heavy atom. The van der Waals surface area contributed by atoms with Crippen LogP contribution in [0.25, 0.3) is 54.3 Å². The monoisotopic (exact) mass is 1600 g/mol. The number of ketones is 1. The number of hydrogen-bond donors (Lipinski definition) is 7. The third-order valence-corrected chi connectivity index (χ3v) is 22.0. The Kier molecular flexibility index (Phi) is 28.5. The second kappa shape index (κ2) is 37.7. The van der Waals surface area contributed by atoms with E-state index in [9.17, 15) is 68.0 Å². The summed E-state index contributed by atoms with van der Waals surface area (Å²) in [6.45, 7) is 11.2. The van der Waals surface area contributed by atoms with Crippen LogP contribution in [-0.2, 0) is 59.1 Å². The average molecular weight is 1600 g/mol. The maximum absolute atomic E-state index is 13.3. The summed E-state index contributed by atoms with van der Waals surface area (Å²) in [5.41, 5.74) is 27.1. The fourth-order valence-electron chi connectivity index (χ4n) is 13.8. The lowest BCUT2D eigenvalue weighted by atomic mass is 9.76. The van der Waals surface area contributed by atoms with Gasteiger partial charge < -0.3 is 30.4 Å². The van der Waals surface area contributed by atoms with Gasteiger partial charge in [0.2, 0.25) is 17.0 Å². The van der Waals surface area contributed by atoms with E-state index < -0.39 is 58.7 Å². The average Bonchev–Trinajstić information content (AvgIpc) is 1.64. The number of anilines is 1.